The van der Waals surface area contributed by atoms with Crippen LogP contribution in [0.2, 0.25) is 0 Å². The Kier molecular flexibility index (Phi) is 4.29. The number of carbonyl (C=O) groups excluding carboxylic acids is 1. The number of aromatic nitrogens is 2. The van der Waals surface area contributed by atoms with Crippen molar-refractivity contribution in [3.05, 3.63) is 47.4 Å². The Hall–Kier alpha value is -2.94. The average molecular weight is 347 g/mol. The summed E-state index contributed by atoms with van der Waals surface area (Å²) < 4.78 is 0. The fourth-order valence-electron chi connectivity index (χ4n) is 3.91. The molecule has 0 aliphatic carbocycles. The Morgan fingerprint density at radius 2 is 2.19 bits per heavy atom. The summed E-state index contributed by atoms with van der Waals surface area (Å²) in [4.78, 5) is 25.9. The summed E-state index contributed by atoms with van der Waals surface area (Å²) in [6.45, 7) is 4.08. The van der Waals surface area contributed by atoms with Crippen molar-refractivity contribution in [3.63, 3.8) is 0 Å². The predicted octanol–water partition coefficient (Wildman–Crippen LogP) is 2.46. The fraction of sp³-hybridized carbons (Fsp3) is 0.400. The molecule has 0 saturated carbocycles. The van der Waals surface area contributed by atoms with Crippen LogP contribution in [0.3, 0.4) is 0 Å². The number of aryl methyl sites for hydroxylation is 1. The summed E-state index contributed by atoms with van der Waals surface area (Å²) in [5, 5.41) is 9.40. The van der Waals surface area contributed by atoms with E-state index in [1.165, 1.54) is 5.56 Å². The van der Waals surface area contributed by atoms with Gasteiger partial charge in [0.2, 0.25) is 5.91 Å². The molecule has 2 aromatic heterocycles. The maximum absolute atomic E-state index is 13.1. The van der Waals surface area contributed by atoms with Gasteiger partial charge in [0.25, 0.3) is 0 Å². The minimum absolute atomic E-state index is 0.0799. The van der Waals surface area contributed by atoms with Crippen molar-refractivity contribution in [2.45, 2.75) is 26.2 Å². The average Bonchev–Trinajstić information content (AvgIpc) is 3.11. The third-order valence-electron chi connectivity index (χ3n) is 5.25. The van der Waals surface area contributed by atoms with Gasteiger partial charge in [-0.05, 0) is 49.9 Å². The van der Waals surface area contributed by atoms with Gasteiger partial charge in [0.15, 0.2) is 0 Å². The summed E-state index contributed by atoms with van der Waals surface area (Å²) in [7, 11) is 0. The van der Waals surface area contributed by atoms with Crippen molar-refractivity contribution in [2.24, 2.45) is 5.92 Å². The van der Waals surface area contributed by atoms with E-state index in [4.69, 9.17) is 0 Å². The van der Waals surface area contributed by atoms with E-state index in [2.05, 4.69) is 20.9 Å². The van der Waals surface area contributed by atoms with Gasteiger partial charge in [-0.25, -0.2) is 4.98 Å². The highest BCUT2D eigenvalue weighted by Gasteiger charge is 2.34. The number of amides is 1. The van der Waals surface area contributed by atoms with Gasteiger partial charge in [-0.15, -0.1) is 0 Å². The van der Waals surface area contributed by atoms with Crippen LogP contribution in [0.5, 0.6) is 0 Å². The largest absolute Gasteiger partial charge is 0.355 e. The van der Waals surface area contributed by atoms with Crippen molar-refractivity contribution in [2.75, 3.05) is 29.4 Å². The van der Waals surface area contributed by atoms with Gasteiger partial charge in [0.1, 0.15) is 11.9 Å². The normalized spacial score (nSPS) is 19.2. The number of hydrogen-bond acceptors (Lipinski definition) is 5. The summed E-state index contributed by atoms with van der Waals surface area (Å²) >= 11 is 0. The number of hydrogen-bond donors (Lipinski definition) is 0. The van der Waals surface area contributed by atoms with Crippen LogP contribution in [0.25, 0.3) is 0 Å². The summed E-state index contributed by atoms with van der Waals surface area (Å²) in [5.41, 5.74) is 3.58. The van der Waals surface area contributed by atoms with E-state index in [1.54, 1.807) is 12.4 Å². The minimum Gasteiger partial charge on any atom is -0.355 e. The summed E-state index contributed by atoms with van der Waals surface area (Å²) in [6.07, 6.45) is 6.25. The van der Waals surface area contributed by atoms with Gasteiger partial charge in [-0.3, -0.25) is 9.78 Å². The van der Waals surface area contributed by atoms with Crippen LogP contribution < -0.4 is 9.80 Å². The second-order valence-electron chi connectivity index (χ2n) is 6.97. The Morgan fingerprint density at radius 3 is 3.04 bits per heavy atom. The molecule has 0 spiro atoms. The Labute approximate surface area is 153 Å². The highest BCUT2D eigenvalue weighted by atomic mass is 16.2. The Morgan fingerprint density at radius 1 is 1.31 bits per heavy atom. The topological polar surface area (TPSA) is 73.1 Å². The molecule has 2 aromatic rings. The number of carbonyl (C=O) groups is 1. The second kappa shape index (κ2) is 6.75. The Balaban J connectivity index is 1.56. The molecule has 0 aromatic carbocycles. The molecule has 0 bridgehead atoms. The maximum Gasteiger partial charge on any atom is 0.231 e. The van der Waals surface area contributed by atoms with Crippen molar-refractivity contribution >= 4 is 17.4 Å². The highest BCUT2D eigenvalue weighted by Crippen LogP contribution is 2.31. The van der Waals surface area contributed by atoms with Gasteiger partial charge < -0.3 is 9.80 Å². The zero-order valence-corrected chi connectivity index (χ0v) is 14.9. The van der Waals surface area contributed by atoms with E-state index in [0.29, 0.717) is 17.9 Å². The monoisotopic (exact) mass is 347 g/mol. The number of nitriles is 1. The molecular formula is C20H21N5O. The van der Waals surface area contributed by atoms with Crippen LogP contribution in [-0.2, 0) is 11.2 Å². The van der Waals surface area contributed by atoms with Crippen molar-refractivity contribution in [1.29, 1.82) is 5.26 Å². The van der Waals surface area contributed by atoms with Gasteiger partial charge >= 0.3 is 0 Å². The molecule has 1 atom stereocenters. The van der Waals surface area contributed by atoms with E-state index in [1.807, 2.05) is 30.0 Å². The van der Waals surface area contributed by atoms with Crippen LogP contribution in [0, 0.1) is 24.2 Å². The fourth-order valence-corrected chi connectivity index (χ4v) is 3.91. The first-order valence-electron chi connectivity index (χ1n) is 9.04. The molecule has 0 radical (unpaired) electrons. The number of piperidine rings is 1. The minimum atomic E-state index is -0.0799. The molecule has 2 aliphatic heterocycles. The van der Waals surface area contributed by atoms with E-state index in [9.17, 15) is 10.1 Å². The first-order chi connectivity index (χ1) is 12.7. The molecular weight excluding hydrogens is 326 g/mol. The first-order valence-corrected chi connectivity index (χ1v) is 9.04. The predicted molar refractivity (Wildman–Crippen MR) is 98.9 cm³/mol. The standard InChI is InChI=1S/C20H21N5O/c1-14-4-5-16(11-21)19(23-14)24-9-2-3-17(13-24)20(26)25-10-7-15-6-8-22-12-18(15)25/h4-6,8,12,17H,2-3,7,9-10,13H2,1H3. The lowest BCUT2D eigenvalue weighted by Gasteiger charge is -2.35. The summed E-state index contributed by atoms with van der Waals surface area (Å²) in [6, 6.07) is 7.88. The molecule has 1 saturated heterocycles. The smallest absolute Gasteiger partial charge is 0.231 e. The lowest BCUT2D eigenvalue weighted by Crippen LogP contribution is -2.45. The number of pyridine rings is 2. The third-order valence-corrected chi connectivity index (χ3v) is 5.25. The van der Waals surface area contributed by atoms with E-state index >= 15 is 0 Å². The molecule has 26 heavy (non-hydrogen) atoms. The van der Waals surface area contributed by atoms with E-state index in [-0.39, 0.29) is 11.8 Å². The Bertz CT molecular complexity index is 888. The lowest BCUT2D eigenvalue weighted by atomic mass is 9.96. The molecule has 4 heterocycles. The van der Waals surface area contributed by atoms with Gasteiger partial charge in [-0.2, -0.15) is 5.26 Å². The van der Waals surface area contributed by atoms with Gasteiger partial charge in [0, 0.05) is 31.5 Å². The third kappa shape index (κ3) is 2.90. The number of nitrogens with zero attached hydrogens (tertiary/aromatic N) is 5. The molecule has 132 valence electrons. The van der Waals surface area contributed by atoms with Crippen molar-refractivity contribution in [1.82, 2.24) is 9.97 Å². The zero-order valence-electron chi connectivity index (χ0n) is 14.9. The lowest BCUT2D eigenvalue weighted by molar-refractivity contribution is -0.122. The SMILES string of the molecule is Cc1ccc(C#N)c(N2CCCC(C(=O)N3CCc4ccncc43)C2)n1. The number of fused-ring (bicyclic) bond motifs is 1. The van der Waals surface area contributed by atoms with Crippen LogP contribution in [0.15, 0.2) is 30.6 Å². The number of rotatable bonds is 2. The first kappa shape index (κ1) is 16.5. The van der Waals surface area contributed by atoms with Crippen molar-refractivity contribution < 1.29 is 4.79 Å². The van der Waals surface area contributed by atoms with Crippen LogP contribution in [0.1, 0.15) is 29.7 Å². The maximum atomic E-state index is 13.1. The molecule has 1 unspecified atom stereocenters. The van der Waals surface area contributed by atoms with E-state index in [0.717, 1.165) is 43.7 Å². The van der Waals surface area contributed by atoms with Crippen LogP contribution >= 0.6 is 0 Å². The summed E-state index contributed by atoms with van der Waals surface area (Å²) in [5.74, 6) is 0.782. The van der Waals surface area contributed by atoms with E-state index < -0.39 is 0 Å². The highest BCUT2D eigenvalue weighted by molar-refractivity contribution is 5.97. The van der Waals surface area contributed by atoms with Crippen LogP contribution in [-0.4, -0.2) is 35.5 Å². The van der Waals surface area contributed by atoms with Gasteiger partial charge in [-0.1, -0.05) is 0 Å². The van der Waals surface area contributed by atoms with Crippen LogP contribution in [0.4, 0.5) is 11.5 Å². The van der Waals surface area contributed by atoms with Crippen molar-refractivity contribution in [3.8, 4) is 6.07 Å². The molecule has 6 heteroatoms. The molecule has 6 nitrogen and oxygen atoms in total. The number of anilines is 2. The zero-order chi connectivity index (χ0) is 18.1. The van der Waals surface area contributed by atoms with Gasteiger partial charge in [0.05, 0.1) is 23.4 Å². The molecule has 4 rings (SSSR count). The molecule has 1 amide bonds. The second-order valence-corrected chi connectivity index (χ2v) is 6.97. The quantitative estimate of drug-likeness (QED) is 0.834. The molecule has 1 fully saturated rings. The molecule has 2 aliphatic rings. The molecule has 0 N–H and O–H groups in total.